The molecular formula is C17H17F2N7O. The zero-order chi connectivity index (χ0) is 19.2. The van der Waals surface area contributed by atoms with Crippen LogP contribution in [0.4, 0.5) is 20.4 Å². The van der Waals surface area contributed by atoms with Crippen molar-refractivity contribution in [3.05, 3.63) is 30.4 Å². The quantitative estimate of drug-likeness (QED) is 0.756. The van der Waals surface area contributed by atoms with Gasteiger partial charge in [0.05, 0.1) is 10.9 Å². The number of aromatic nitrogens is 5. The molecule has 1 fully saturated rings. The molecule has 27 heavy (non-hydrogen) atoms. The third-order valence-electron chi connectivity index (χ3n) is 4.33. The Morgan fingerprint density at radius 1 is 1.22 bits per heavy atom. The first-order valence-electron chi connectivity index (χ1n) is 8.45. The van der Waals surface area contributed by atoms with Gasteiger partial charge in [0, 0.05) is 45.3 Å². The van der Waals surface area contributed by atoms with Gasteiger partial charge in [-0.15, -0.1) is 5.10 Å². The highest BCUT2D eigenvalue weighted by Gasteiger charge is 2.28. The second-order valence-electron chi connectivity index (χ2n) is 6.49. The number of anilines is 2. The molecule has 1 aliphatic rings. The Kier molecular flexibility index (Phi) is 3.97. The largest absolute Gasteiger partial charge is 0.354 e. The zero-order valence-electron chi connectivity index (χ0n) is 14.8. The van der Waals surface area contributed by atoms with E-state index in [4.69, 9.17) is 0 Å². The topological polar surface area (TPSA) is 88.8 Å². The molecule has 0 bridgehead atoms. The van der Waals surface area contributed by atoms with Crippen molar-refractivity contribution in [3.63, 3.8) is 0 Å². The Bertz CT molecular complexity index is 1020. The van der Waals surface area contributed by atoms with Crippen molar-refractivity contribution in [2.75, 3.05) is 23.3 Å². The lowest BCUT2D eigenvalue weighted by Crippen LogP contribution is -2.37. The number of nitrogens with one attached hydrogen (secondary N) is 1. The molecule has 3 aromatic heterocycles. The van der Waals surface area contributed by atoms with Crippen molar-refractivity contribution in [1.82, 2.24) is 24.7 Å². The summed E-state index contributed by atoms with van der Waals surface area (Å²) in [7, 11) is 0. The number of fused-ring (bicyclic) bond motifs is 1. The van der Waals surface area contributed by atoms with Gasteiger partial charge in [0.2, 0.25) is 5.91 Å². The van der Waals surface area contributed by atoms with Gasteiger partial charge >= 0.3 is 0 Å². The lowest BCUT2D eigenvalue weighted by Gasteiger charge is -2.31. The van der Waals surface area contributed by atoms with Crippen molar-refractivity contribution in [3.8, 4) is 5.82 Å². The molecule has 1 aliphatic heterocycles. The molecule has 0 unspecified atom stereocenters. The van der Waals surface area contributed by atoms with Gasteiger partial charge in [-0.1, -0.05) is 0 Å². The van der Waals surface area contributed by atoms with E-state index in [2.05, 4.69) is 30.3 Å². The Balaban J connectivity index is 1.89. The molecule has 0 aromatic carbocycles. The van der Waals surface area contributed by atoms with E-state index in [9.17, 15) is 13.6 Å². The number of carbonyl (C=O) groups excluding carboxylic acids is 1. The number of rotatable bonds is 4. The Labute approximate surface area is 153 Å². The molecule has 0 spiro atoms. The van der Waals surface area contributed by atoms with Gasteiger partial charge in [0.1, 0.15) is 17.8 Å². The highest BCUT2D eigenvalue weighted by atomic mass is 19.3. The Hall–Kier alpha value is -3.17. The number of halogens is 2. The van der Waals surface area contributed by atoms with Gasteiger partial charge in [-0.3, -0.25) is 4.79 Å². The van der Waals surface area contributed by atoms with Gasteiger partial charge in [0.25, 0.3) is 5.92 Å². The second kappa shape index (κ2) is 6.22. The SMILES string of the molecule is CC(=O)Nc1cc2c(cn1)c(N1CCC1)nn2-c1cc(C(C)(F)F)ncn1. The number of nitrogens with zero attached hydrogens (tertiary/aromatic N) is 6. The molecular weight excluding hydrogens is 356 g/mol. The summed E-state index contributed by atoms with van der Waals surface area (Å²) in [5.74, 6) is -2.07. The van der Waals surface area contributed by atoms with Crippen LogP contribution in [0, 0.1) is 0 Å². The lowest BCUT2D eigenvalue weighted by molar-refractivity contribution is -0.114. The van der Waals surface area contributed by atoms with Crippen LogP contribution in [0.5, 0.6) is 0 Å². The first-order valence-corrected chi connectivity index (χ1v) is 8.45. The minimum Gasteiger partial charge on any atom is -0.354 e. The van der Waals surface area contributed by atoms with E-state index in [-0.39, 0.29) is 11.7 Å². The molecule has 0 radical (unpaired) electrons. The van der Waals surface area contributed by atoms with Gasteiger partial charge in [-0.25, -0.2) is 19.6 Å². The summed E-state index contributed by atoms with van der Waals surface area (Å²) in [4.78, 5) is 25.4. The highest BCUT2D eigenvalue weighted by Crippen LogP contribution is 2.32. The first-order chi connectivity index (χ1) is 12.8. The van der Waals surface area contributed by atoms with Crippen LogP contribution >= 0.6 is 0 Å². The molecule has 0 aliphatic carbocycles. The van der Waals surface area contributed by atoms with Gasteiger partial charge in [-0.2, -0.15) is 8.78 Å². The number of alkyl halides is 2. The lowest BCUT2D eigenvalue weighted by atomic mass is 10.2. The molecule has 0 saturated carbocycles. The van der Waals surface area contributed by atoms with Crippen molar-refractivity contribution in [2.45, 2.75) is 26.2 Å². The first kappa shape index (κ1) is 17.3. The standard InChI is InChI=1S/C17H17F2N7O/c1-10(27)23-14-6-12-11(8-20-14)16(25-4-3-5-25)24-26(12)15-7-13(17(2,18)19)21-9-22-15/h6-9H,3-5H2,1-2H3,(H,20,23,27). The van der Waals surface area contributed by atoms with Crippen LogP contribution in [0.2, 0.25) is 0 Å². The number of amides is 1. The number of hydrogen-bond donors (Lipinski definition) is 1. The maximum atomic E-state index is 13.7. The maximum Gasteiger partial charge on any atom is 0.287 e. The fourth-order valence-corrected chi connectivity index (χ4v) is 2.88. The van der Waals surface area contributed by atoms with E-state index >= 15 is 0 Å². The van der Waals surface area contributed by atoms with Crippen LogP contribution in [0.25, 0.3) is 16.7 Å². The van der Waals surface area contributed by atoms with Crippen LogP contribution in [-0.4, -0.2) is 43.7 Å². The summed E-state index contributed by atoms with van der Waals surface area (Å²) in [5, 5.41) is 7.96. The van der Waals surface area contributed by atoms with E-state index in [0.717, 1.165) is 38.1 Å². The van der Waals surface area contributed by atoms with E-state index in [0.29, 0.717) is 17.2 Å². The molecule has 4 heterocycles. The molecule has 1 amide bonds. The summed E-state index contributed by atoms with van der Waals surface area (Å²) >= 11 is 0. The number of hydrogen-bond acceptors (Lipinski definition) is 6. The minimum absolute atomic E-state index is 0.221. The zero-order valence-corrected chi connectivity index (χ0v) is 14.8. The summed E-state index contributed by atoms with van der Waals surface area (Å²) in [6.07, 6.45) is 3.77. The van der Waals surface area contributed by atoms with Crippen LogP contribution in [0.15, 0.2) is 24.7 Å². The second-order valence-corrected chi connectivity index (χ2v) is 6.49. The van der Waals surface area contributed by atoms with E-state index in [1.807, 2.05) is 0 Å². The fourth-order valence-electron chi connectivity index (χ4n) is 2.88. The van der Waals surface area contributed by atoms with Crippen molar-refractivity contribution in [1.29, 1.82) is 0 Å². The fraction of sp³-hybridized carbons (Fsp3) is 0.353. The molecule has 10 heteroatoms. The molecule has 1 saturated heterocycles. The van der Waals surface area contributed by atoms with E-state index in [1.165, 1.54) is 17.7 Å². The highest BCUT2D eigenvalue weighted by molar-refractivity contribution is 5.95. The average molecular weight is 373 g/mol. The van der Waals surface area contributed by atoms with Crippen LogP contribution in [0.1, 0.15) is 26.0 Å². The summed E-state index contributed by atoms with van der Waals surface area (Å²) in [6.45, 7) is 3.89. The van der Waals surface area contributed by atoms with Crippen molar-refractivity contribution >= 4 is 28.4 Å². The average Bonchev–Trinajstić information content (AvgIpc) is 2.91. The minimum atomic E-state index is -3.09. The molecule has 0 atom stereocenters. The van der Waals surface area contributed by atoms with Gasteiger partial charge < -0.3 is 10.2 Å². The predicted octanol–water partition coefficient (Wildman–Crippen LogP) is 2.49. The van der Waals surface area contributed by atoms with Crippen LogP contribution < -0.4 is 10.2 Å². The van der Waals surface area contributed by atoms with Crippen molar-refractivity contribution < 1.29 is 13.6 Å². The van der Waals surface area contributed by atoms with Gasteiger partial charge in [-0.05, 0) is 6.42 Å². The molecule has 140 valence electrons. The smallest absolute Gasteiger partial charge is 0.287 e. The van der Waals surface area contributed by atoms with Crippen LogP contribution in [-0.2, 0) is 10.7 Å². The normalized spacial score (nSPS) is 14.3. The number of carbonyl (C=O) groups is 1. The van der Waals surface area contributed by atoms with E-state index in [1.54, 1.807) is 12.3 Å². The van der Waals surface area contributed by atoms with Crippen molar-refractivity contribution in [2.24, 2.45) is 0 Å². The molecule has 8 nitrogen and oxygen atoms in total. The third kappa shape index (κ3) is 3.18. The van der Waals surface area contributed by atoms with Crippen LogP contribution in [0.3, 0.4) is 0 Å². The van der Waals surface area contributed by atoms with Gasteiger partial charge in [0.15, 0.2) is 11.6 Å². The summed E-state index contributed by atoms with van der Waals surface area (Å²) < 4.78 is 28.8. The monoisotopic (exact) mass is 373 g/mol. The summed E-state index contributed by atoms with van der Waals surface area (Å²) in [5.41, 5.74) is 0.220. The third-order valence-corrected chi connectivity index (χ3v) is 4.33. The molecule has 3 aromatic rings. The predicted molar refractivity (Wildman–Crippen MR) is 95.2 cm³/mol. The van der Waals surface area contributed by atoms with E-state index < -0.39 is 11.6 Å². The summed E-state index contributed by atoms with van der Waals surface area (Å²) in [6, 6.07) is 2.86. The Morgan fingerprint density at radius 2 is 2.00 bits per heavy atom. The Morgan fingerprint density at radius 3 is 2.63 bits per heavy atom. The maximum absolute atomic E-state index is 13.7. The molecule has 1 N–H and O–H groups in total. The number of pyridine rings is 1. The molecule has 4 rings (SSSR count).